The van der Waals surface area contributed by atoms with E-state index in [2.05, 4.69) is 4.90 Å². The molecule has 0 saturated carbocycles. The molecule has 0 amide bonds. The zero-order valence-corrected chi connectivity index (χ0v) is 16.8. The second kappa shape index (κ2) is 10.0. The summed E-state index contributed by atoms with van der Waals surface area (Å²) in [7, 11) is 1.59. The highest BCUT2D eigenvalue weighted by molar-refractivity contribution is 5.31. The average molecular weight is 425 g/mol. The Morgan fingerprint density at radius 3 is 2.10 bits per heavy atom. The summed E-state index contributed by atoms with van der Waals surface area (Å²) in [5, 5.41) is 10.2. The van der Waals surface area contributed by atoms with Gasteiger partial charge in [-0.25, -0.2) is 0 Å². The zero-order chi connectivity index (χ0) is 21.6. The first kappa shape index (κ1) is 22.2. The van der Waals surface area contributed by atoms with Gasteiger partial charge >= 0.3 is 6.18 Å². The molecule has 1 saturated heterocycles. The van der Waals surface area contributed by atoms with Gasteiger partial charge in [0.05, 0.1) is 12.7 Å². The number of alkyl halides is 3. The number of methoxy groups -OCH3 is 1. The van der Waals surface area contributed by atoms with Crippen molar-refractivity contribution in [3.05, 3.63) is 54.1 Å². The van der Waals surface area contributed by atoms with E-state index >= 15 is 0 Å². The standard InChI is InChI=1S/C22H26F3NO4/c1-28-18-6-8-19(9-7-18)29-15-17(27)14-26-12-10-21(11-13-26)30-20-4-2-16(3-5-20)22(23,24)25/h2-9,17,21,27H,10-15H2,1H3. The van der Waals surface area contributed by atoms with Gasteiger partial charge in [-0.1, -0.05) is 0 Å². The first-order valence-corrected chi connectivity index (χ1v) is 9.84. The van der Waals surface area contributed by atoms with Crippen LogP contribution in [0.3, 0.4) is 0 Å². The summed E-state index contributed by atoms with van der Waals surface area (Å²) in [6, 6.07) is 11.9. The largest absolute Gasteiger partial charge is 0.497 e. The second-order valence-electron chi connectivity index (χ2n) is 7.28. The van der Waals surface area contributed by atoms with E-state index in [1.165, 1.54) is 12.1 Å². The highest BCUT2D eigenvalue weighted by Gasteiger charge is 2.30. The molecule has 164 valence electrons. The SMILES string of the molecule is COc1ccc(OCC(O)CN2CCC(Oc3ccc(C(F)(F)F)cc3)CC2)cc1. The number of aliphatic hydroxyl groups is 1. The maximum absolute atomic E-state index is 12.6. The number of aliphatic hydroxyl groups excluding tert-OH is 1. The van der Waals surface area contributed by atoms with Gasteiger partial charge in [-0.3, -0.25) is 0 Å². The lowest BCUT2D eigenvalue weighted by Gasteiger charge is -2.33. The van der Waals surface area contributed by atoms with Crippen LogP contribution in [0.2, 0.25) is 0 Å². The minimum absolute atomic E-state index is 0.0503. The van der Waals surface area contributed by atoms with Crippen LogP contribution in [-0.4, -0.2) is 55.6 Å². The minimum atomic E-state index is -4.35. The van der Waals surface area contributed by atoms with Crippen molar-refractivity contribution in [3.63, 3.8) is 0 Å². The van der Waals surface area contributed by atoms with E-state index in [0.717, 1.165) is 43.8 Å². The molecule has 8 heteroatoms. The van der Waals surface area contributed by atoms with E-state index in [1.54, 1.807) is 31.4 Å². The highest BCUT2D eigenvalue weighted by Crippen LogP contribution is 2.30. The van der Waals surface area contributed by atoms with E-state index in [4.69, 9.17) is 14.2 Å². The Labute approximate surface area is 174 Å². The summed E-state index contributed by atoms with van der Waals surface area (Å²) in [6.07, 6.45) is -3.53. The van der Waals surface area contributed by atoms with Crippen LogP contribution in [0.25, 0.3) is 0 Å². The van der Waals surface area contributed by atoms with Gasteiger partial charge in [-0.15, -0.1) is 0 Å². The number of hydrogen-bond donors (Lipinski definition) is 1. The number of nitrogens with zero attached hydrogens (tertiary/aromatic N) is 1. The number of rotatable bonds is 8. The molecule has 30 heavy (non-hydrogen) atoms. The Kier molecular flexibility index (Phi) is 7.44. The van der Waals surface area contributed by atoms with Crippen molar-refractivity contribution < 1.29 is 32.5 Å². The Bertz CT molecular complexity index is 772. The summed E-state index contributed by atoms with van der Waals surface area (Å²) in [5.41, 5.74) is -0.685. The molecule has 1 aliphatic heterocycles. The van der Waals surface area contributed by atoms with Gasteiger partial charge < -0.3 is 24.2 Å². The van der Waals surface area contributed by atoms with Crippen LogP contribution in [0.5, 0.6) is 17.2 Å². The van der Waals surface area contributed by atoms with Gasteiger partial charge in [0.25, 0.3) is 0 Å². The fraction of sp³-hybridized carbons (Fsp3) is 0.455. The maximum Gasteiger partial charge on any atom is 0.416 e. The topological polar surface area (TPSA) is 51.2 Å². The second-order valence-corrected chi connectivity index (χ2v) is 7.28. The first-order valence-electron chi connectivity index (χ1n) is 9.84. The lowest BCUT2D eigenvalue weighted by molar-refractivity contribution is -0.137. The van der Waals surface area contributed by atoms with Crippen LogP contribution >= 0.6 is 0 Å². The van der Waals surface area contributed by atoms with Gasteiger partial charge in [0.1, 0.15) is 36.1 Å². The number of β-amino-alcohol motifs (C(OH)–C–C–N with tert-alkyl or cyclic N) is 1. The van der Waals surface area contributed by atoms with Crippen molar-refractivity contribution in [3.8, 4) is 17.2 Å². The van der Waals surface area contributed by atoms with Gasteiger partial charge in [-0.2, -0.15) is 13.2 Å². The molecule has 1 unspecified atom stereocenters. The van der Waals surface area contributed by atoms with E-state index in [1.807, 2.05) is 0 Å². The summed E-state index contributed by atoms with van der Waals surface area (Å²) in [6.45, 7) is 2.16. The van der Waals surface area contributed by atoms with E-state index in [-0.39, 0.29) is 12.7 Å². The molecule has 1 heterocycles. The fourth-order valence-electron chi connectivity index (χ4n) is 3.34. The molecule has 5 nitrogen and oxygen atoms in total. The first-order chi connectivity index (χ1) is 14.3. The van der Waals surface area contributed by atoms with Crippen LogP contribution in [0.15, 0.2) is 48.5 Å². The molecule has 0 aliphatic carbocycles. The van der Waals surface area contributed by atoms with Gasteiger partial charge in [0.15, 0.2) is 0 Å². The predicted octanol–water partition coefficient (Wildman–Crippen LogP) is 4.00. The quantitative estimate of drug-likeness (QED) is 0.693. The van der Waals surface area contributed by atoms with Crippen LogP contribution in [0, 0.1) is 0 Å². The van der Waals surface area contributed by atoms with Crippen molar-refractivity contribution in [2.24, 2.45) is 0 Å². The monoisotopic (exact) mass is 425 g/mol. The molecular formula is C22H26F3NO4. The molecule has 1 fully saturated rings. The summed E-state index contributed by atoms with van der Waals surface area (Å²) in [5.74, 6) is 1.84. The van der Waals surface area contributed by atoms with Crippen molar-refractivity contribution in [2.45, 2.75) is 31.2 Å². The third-order valence-corrected chi connectivity index (χ3v) is 4.99. The number of halogens is 3. The summed E-state index contributed by atoms with van der Waals surface area (Å²) < 4.78 is 54.4. The molecule has 0 spiro atoms. The van der Waals surface area contributed by atoms with Crippen LogP contribution < -0.4 is 14.2 Å². The van der Waals surface area contributed by atoms with Gasteiger partial charge in [0, 0.05) is 19.6 Å². The molecule has 2 aromatic rings. The molecule has 3 rings (SSSR count). The van der Waals surface area contributed by atoms with Crippen molar-refractivity contribution in [2.75, 3.05) is 33.4 Å². The number of hydrogen-bond acceptors (Lipinski definition) is 5. The van der Waals surface area contributed by atoms with Crippen LogP contribution in [0.4, 0.5) is 13.2 Å². The average Bonchev–Trinajstić information content (AvgIpc) is 2.74. The zero-order valence-electron chi connectivity index (χ0n) is 16.8. The smallest absolute Gasteiger partial charge is 0.416 e. The summed E-state index contributed by atoms with van der Waals surface area (Å²) in [4.78, 5) is 2.13. The molecule has 0 aromatic heterocycles. The molecule has 1 atom stereocenters. The van der Waals surface area contributed by atoms with Crippen molar-refractivity contribution in [1.29, 1.82) is 0 Å². The molecule has 1 aliphatic rings. The lowest BCUT2D eigenvalue weighted by Crippen LogP contribution is -2.43. The van der Waals surface area contributed by atoms with Crippen LogP contribution in [-0.2, 0) is 6.18 Å². The minimum Gasteiger partial charge on any atom is -0.497 e. The Morgan fingerprint density at radius 2 is 1.53 bits per heavy atom. The van der Waals surface area contributed by atoms with Crippen LogP contribution in [0.1, 0.15) is 18.4 Å². The summed E-state index contributed by atoms with van der Waals surface area (Å²) >= 11 is 0. The molecule has 1 N–H and O–H groups in total. The Balaban J connectivity index is 1.37. The predicted molar refractivity (Wildman–Crippen MR) is 106 cm³/mol. The van der Waals surface area contributed by atoms with Crippen molar-refractivity contribution >= 4 is 0 Å². The van der Waals surface area contributed by atoms with E-state index in [0.29, 0.717) is 18.0 Å². The van der Waals surface area contributed by atoms with E-state index < -0.39 is 17.8 Å². The number of piperidine rings is 1. The van der Waals surface area contributed by atoms with Gasteiger partial charge in [0.2, 0.25) is 0 Å². The third kappa shape index (κ3) is 6.53. The fourth-order valence-corrected chi connectivity index (χ4v) is 3.34. The lowest BCUT2D eigenvalue weighted by atomic mass is 10.1. The number of ether oxygens (including phenoxy) is 3. The van der Waals surface area contributed by atoms with Crippen molar-refractivity contribution in [1.82, 2.24) is 4.90 Å². The van der Waals surface area contributed by atoms with E-state index in [9.17, 15) is 18.3 Å². The third-order valence-electron chi connectivity index (χ3n) is 4.99. The Morgan fingerprint density at radius 1 is 0.967 bits per heavy atom. The normalized spacial score (nSPS) is 16.8. The molecule has 2 aromatic carbocycles. The highest BCUT2D eigenvalue weighted by atomic mass is 19.4. The molecule has 0 bridgehead atoms. The van der Waals surface area contributed by atoms with Gasteiger partial charge in [-0.05, 0) is 61.4 Å². The maximum atomic E-state index is 12.6. The number of benzene rings is 2. The molecular weight excluding hydrogens is 399 g/mol. The Hall–Kier alpha value is -2.45. The molecule has 0 radical (unpaired) electrons. The number of likely N-dealkylation sites (tertiary alicyclic amines) is 1.